The first-order valence-corrected chi connectivity index (χ1v) is 13.9. The molecular weight excluding hydrogens is 488 g/mol. The average molecular weight is 527 g/mol. The van der Waals surface area contributed by atoms with Crippen LogP contribution in [0.1, 0.15) is 66.1 Å². The second-order valence-corrected chi connectivity index (χ2v) is 11.1. The molecule has 2 amide bonds. The number of hydrogen-bond donors (Lipinski definition) is 1. The van der Waals surface area contributed by atoms with Gasteiger partial charge in [0.05, 0.1) is 0 Å². The van der Waals surface area contributed by atoms with Gasteiger partial charge in [-0.1, -0.05) is 24.3 Å². The largest absolute Gasteiger partial charge is 0.478 e. The van der Waals surface area contributed by atoms with E-state index in [0.29, 0.717) is 11.7 Å². The number of likely N-dealkylation sites (tertiary alicyclic amines) is 2. The molecule has 0 bridgehead atoms. The number of carbonyl (C=O) groups is 3. The zero-order valence-corrected chi connectivity index (χ0v) is 23.3. The van der Waals surface area contributed by atoms with E-state index in [1.807, 2.05) is 54.2 Å². The second kappa shape index (κ2) is 12.5. The Kier molecular flexibility index (Phi) is 9.65. The Labute approximate surface area is 224 Å². The van der Waals surface area contributed by atoms with Crippen LogP contribution in [0.2, 0.25) is 0 Å². The molecule has 1 unspecified atom stereocenters. The zero-order valence-electron chi connectivity index (χ0n) is 22.5. The molecule has 2 aromatic carbocycles. The number of urea groups is 1. The summed E-state index contributed by atoms with van der Waals surface area (Å²) in [6.07, 6.45) is 6.03. The lowest BCUT2D eigenvalue weighted by Gasteiger charge is -2.26. The van der Waals surface area contributed by atoms with Crippen LogP contribution < -0.4 is 4.74 Å². The van der Waals surface area contributed by atoms with Crippen molar-refractivity contribution in [2.75, 3.05) is 32.4 Å². The van der Waals surface area contributed by atoms with Crippen molar-refractivity contribution in [2.24, 2.45) is 0 Å². The quantitative estimate of drug-likeness (QED) is 0.380. The summed E-state index contributed by atoms with van der Waals surface area (Å²) in [5.41, 5.74) is 2.52. The van der Waals surface area contributed by atoms with E-state index in [2.05, 4.69) is 12.1 Å². The van der Waals surface area contributed by atoms with Crippen LogP contribution in [0.25, 0.3) is 0 Å². The third-order valence-corrected chi connectivity index (χ3v) is 7.66. The predicted octanol–water partition coefficient (Wildman–Crippen LogP) is 5.77. The fourth-order valence-electron chi connectivity index (χ4n) is 4.68. The summed E-state index contributed by atoms with van der Waals surface area (Å²) in [6.45, 7) is 10.3. The molecule has 200 valence electrons. The Hall–Kier alpha value is -3.00. The summed E-state index contributed by atoms with van der Waals surface area (Å²) in [4.78, 5) is 39.3. The lowest BCUT2D eigenvalue weighted by molar-refractivity contribution is -0.152. The highest BCUT2D eigenvalue weighted by Crippen LogP contribution is 2.35. The number of nitrogens with zero attached hydrogens (tertiary/aromatic N) is 2. The first-order chi connectivity index (χ1) is 17.6. The maximum Gasteiger partial charge on any atom is 0.347 e. The van der Waals surface area contributed by atoms with Crippen LogP contribution in [0.3, 0.4) is 0 Å². The predicted molar refractivity (Wildman–Crippen MR) is 147 cm³/mol. The van der Waals surface area contributed by atoms with Crippen LogP contribution in [0.15, 0.2) is 41.3 Å². The van der Waals surface area contributed by atoms with Crippen LogP contribution in [0.5, 0.6) is 5.75 Å². The molecule has 2 fully saturated rings. The maximum atomic E-state index is 12.6. The molecule has 0 aromatic heterocycles. The number of thioether (sulfide) groups is 1. The molecule has 0 saturated carbocycles. The average Bonchev–Trinajstić information content (AvgIpc) is 3.59. The van der Waals surface area contributed by atoms with Crippen molar-refractivity contribution in [3.05, 3.63) is 58.7 Å². The van der Waals surface area contributed by atoms with Crippen LogP contribution in [-0.4, -0.2) is 71.2 Å². The van der Waals surface area contributed by atoms with Gasteiger partial charge in [0.1, 0.15) is 12.0 Å². The van der Waals surface area contributed by atoms with Crippen molar-refractivity contribution < 1.29 is 24.2 Å². The summed E-state index contributed by atoms with van der Waals surface area (Å²) >= 11 is 1.67. The van der Waals surface area contributed by atoms with Gasteiger partial charge in [-0.2, -0.15) is 0 Å². The van der Waals surface area contributed by atoms with E-state index in [1.54, 1.807) is 25.6 Å². The lowest BCUT2D eigenvalue weighted by atomic mass is 9.94. The van der Waals surface area contributed by atoms with Gasteiger partial charge in [-0.15, -0.1) is 11.8 Å². The number of aldehydes is 1. The molecule has 37 heavy (non-hydrogen) atoms. The van der Waals surface area contributed by atoms with Gasteiger partial charge in [-0.25, -0.2) is 9.59 Å². The van der Waals surface area contributed by atoms with E-state index in [0.717, 1.165) is 68.4 Å². The van der Waals surface area contributed by atoms with E-state index in [1.165, 1.54) is 10.5 Å². The molecular formula is C29H38N2O5S. The fourth-order valence-corrected chi connectivity index (χ4v) is 5.08. The summed E-state index contributed by atoms with van der Waals surface area (Å²) < 4.78 is 5.80. The van der Waals surface area contributed by atoms with Gasteiger partial charge >= 0.3 is 12.0 Å². The SMILES string of the molecule is CSc1ccc(C=O)cc1.Cc1cc(C2CCN(C(=O)N3CCCC3)C2)cc(C)c1OC(C)(C)C(=O)O. The zero-order chi connectivity index (χ0) is 27.2. The van der Waals surface area contributed by atoms with Crippen molar-refractivity contribution in [1.82, 2.24) is 9.80 Å². The van der Waals surface area contributed by atoms with E-state index in [4.69, 9.17) is 4.74 Å². The molecule has 7 nitrogen and oxygen atoms in total. The number of carbonyl (C=O) groups excluding carboxylic acids is 2. The molecule has 0 aliphatic carbocycles. The van der Waals surface area contributed by atoms with Crippen LogP contribution in [0.4, 0.5) is 4.79 Å². The number of carboxylic acids is 1. The minimum absolute atomic E-state index is 0.173. The van der Waals surface area contributed by atoms with Gasteiger partial charge in [0, 0.05) is 42.6 Å². The molecule has 1 atom stereocenters. The molecule has 2 aromatic rings. The summed E-state index contributed by atoms with van der Waals surface area (Å²) in [7, 11) is 0. The van der Waals surface area contributed by atoms with Gasteiger partial charge in [0.15, 0.2) is 5.60 Å². The Balaban J connectivity index is 0.000000319. The standard InChI is InChI=1S/C21H30N2O4.C8H8OS/c1-14-11-17(12-15(2)18(14)27-21(3,4)19(24)25)16-7-10-23(13-16)20(26)22-8-5-6-9-22;1-10-8-4-2-7(6-9)3-5-8/h11-12,16H,5-10,13H2,1-4H3,(H,24,25);2-6H,1H3. The Bertz CT molecular complexity index is 1090. The van der Waals surface area contributed by atoms with Crippen molar-refractivity contribution in [3.8, 4) is 5.75 Å². The highest BCUT2D eigenvalue weighted by molar-refractivity contribution is 7.98. The highest BCUT2D eigenvalue weighted by Gasteiger charge is 2.33. The number of ether oxygens (including phenoxy) is 1. The van der Waals surface area contributed by atoms with Crippen molar-refractivity contribution in [1.29, 1.82) is 0 Å². The van der Waals surface area contributed by atoms with Gasteiger partial charge in [0.25, 0.3) is 0 Å². The number of aliphatic carboxylic acids is 1. The smallest absolute Gasteiger partial charge is 0.347 e. The van der Waals surface area contributed by atoms with Gasteiger partial charge < -0.3 is 19.6 Å². The molecule has 2 aliphatic rings. The highest BCUT2D eigenvalue weighted by atomic mass is 32.2. The van der Waals surface area contributed by atoms with Gasteiger partial charge in [0.2, 0.25) is 0 Å². The molecule has 0 spiro atoms. The van der Waals surface area contributed by atoms with Crippen LogP contribution >= 0.6 is 11.8 Å². The summed E-state index contributed by atoms with van der Waals surface area (Å²) in [5, 5.41) is 9.32. The monoisotopic (exact) mass is 526 g/mol. The molecule has 0 radical (unpaired) electrons. The van der Waals surface area contributed by atoms with Crippen molar-refractivity contribution in [2.45, 2.75) is 63.4 Å². The Morgan fingerprint density at radius 1 is 1.03 bits per heavy atom. The molecule has 2 aliphatic heterocycles. The summed E-state index contributed by atoms with van der Waals surface area (Å²) in [5.74, 6) is -0.0399. The first kappa shape index (κ1) is 28.6. The molecule has 2 saturated heterocycles. The lowest BCUT2D eigenvalue weighted by Crippen LogP contribution is -2.40. The summed E-state index contributed by atoms with van der Waals surface area (Å²) in [6, 6.07) is 11.8. The normalized spacial score (nSPS) is 17.3. The van der Waals surface area contributed by atoms with E-state index < -0.39 is 11.6 Å². The number of hydrogen-bond acceptors (Lipinski definition) is 5. The third-order valence-electron chi connectivity index (χ3n) is 6.91. The van der Waals surface area contributed by atoms with E-state index >= 15 is 0 Å². The number of carboxylic acid groups (broad SMARTS) is 1. The van der Waals surface area contributed by atoms with Crippen molar-refractivity contribution in [3.63, 3.8) is 0 Å². The van der Waals surface area contributed by atoms with Gasteiger partial charge in [-0.3, -0.25) is 4.79 Å². The Morgan fingerprint density at radius 2 is 1.62 bits per heavy atom. The second-order valence-electron chi connectivity index (χ2n) is 10.2. The van der Waals surface area contributed by atoms with E-state index in [9.17, 15) is 19.5 Å². The topological polar surface area (TPSA) is 87.2 Å². The molecule has 2 heterocycles. The number of benzene rings is 2. The molecule has 1 N–H and O–H groups in total. The van der Waals surface area contributed by atoms with E-state index in [-0.39, 0.29) is 6.03 Å². The Morgan fingerprint density at radius 3 is 2.14 bits per heavy atom. The molecule has 4 rings (SSSR count). The number of aryl methyl sites for hydroxylation is 2. The number of rotatable bonds is 6. The molecule has 8 heteroatoms. The first-order valence-electron chi connectivity index (χ1n) is 12.7. The minimum Gasteiger partial charge on any atom is -0.478 e. The minimum atomic E-state index is -1.27. The van der Waals surface area contributed by atoms with Crippen LogP contribution in [-0.2, 0) is 4.79 Å². The maximum absolute atomic E-state index is 12.6. The number of amides is 2. The van der Waals surface area contributed by atoms with Crippen LogP contribution in [0, 0.1) is 13.8 Å². The van der Waals surface area contributed by atoms with Crippen molar-refractivity contribution >= 4 is 30.0 Å². The van der Waals surface area contributed by atoms with Gasteiger partial charge in [-0.05, 0) is 82.0 Å². The third kappa shape index (κ3) is 7.28. The fraction of sp³-hybridized carbons (Fsp3) is 0.483.